The summed E-state index contributed by atoms with van der Waals surface area (Å²) in [4.78, 5) is 0. The molecular weight excluding hydrogens is 494 g/mol. The van der Waals surface area contributed by atoms with E-state index in [1.165, 1.54) is 6.92 Å². The fourth-order valence-corrected chi connectivity index (χ4v) is 4.04. The molecule has 0 aliphatic rings. The average molecular weight is 508 g/mol. The molecule has 0 saturated heterocycles. The molecule has 1 unspecified atom stereocenters. The Morgan fingerprint density at radius 3 is 1.40 bits per heavy atom. The minimum absolute atomic E-state index is 0.0430. The first kappa shape index (κ1) is 26.6. The quantitative estimate of drug-likeness (QED) is 0.257. The summed E-state index contributed by atoms with van der Waals surface area (Å²) < 4.78 is 133. The molecule has 3 aromatic rings. The van der Waals surface area contributed by atoms with Gasteiger partial charge in [0.2, 0.25) is 0 Å². The summed E-state index contributed by atoms with van der Waals surface area (Å²) in [5, 5.41) is 19.2. The standard InChI is InChI=1S/C22H14BF9O3/c1-2-10(9-3-16(27)19(30)6-13(9)24)22(35-23(33)34,11-4-17(28)20(31)7-14(11)25)12-5-18(29)21(32)8-15(12)26/h3-8,10,33-34H,2H2,1H3. The maximum atomic E-state index is 15.1. The summed E-state index contributed by atoms with van der Waals surface area (Å²) in [5.74, 6) is -17.3. The van der Waals surface area contributed by atoms with Gasteiger partial charge in [-0.1, -0.05) is 6.92 Å². The van der Waals surface area contributed by atoms with Gasteiger partial charge in [-0.05, 0) is 30.2 Å². The average Bonchev–Trinajstić information content (AvgIpc) is 2.76. The van der Waals surface area contributed by atoms with Gasteiger partial charge in [0.05, 0.1) is 0 Å². The van der Waals surface area contributed by atoms with Crippen molar-refractivity contribution in [3.05, 3.63) is 105 Å². The Hall–Kier alpha value is -3.03. The van der Waals surface area contributed by atoms with Crippen LogP contribution in [0.4, 0.5) is 39.5 Å². The molecule has 13 heteroatoms. The van der Waals surface area contributed by atoms with E-state index in [4.69, 9.17) is 4.65 Å². The van der Waals surface area contributed by atoms with Gasteiger partial charge in [0.15, 0.2) is 34.9 Å². The van der Waals surface area contributed by atoms with Gasteiger partial charge in [0, 0.05) is 35.2 Å². The molecule has 0 saturated carbocycles. The third-order valence-corrected chi connectivity index (χ3v) is 5.43. The summed E-state index contributed by atoms with van der Waals surface area (Å²) in [6.45, 7) is 1.20. The van der Waals surface area contributed by atoms with Crippen LogP contribution in [-0.2, 0) is 10.3 Å². The maximum Gasteiger partial charge on any atom is 0.634 e. The second-order valence-corrected chi connectivity index (χ2v) is 7.42. The van der Waals surface area contributed by atoms with Gasteiger partial charge in [-0.25, -0.2) is 39.5 Å². The first-order chi connectivity index (χ1) is 16.3. The van der Waals surface area contributed by atoms with E-state index in [9.17, 15) is 40.8 Å². The number of rotatable bonds is 7. The topological polar surface area (TPSA) is 49.7 Å². The Balaban J connectivity index is 2.56. The summed E-state index contributed by atoms with van der Waals surface area (Å²) in [6, 6.07) is 0.423. The summed E-state index contributed by atoms with van der Waals surface area (Å²) >= 11 is 0. The van der Waals surface area contributed by atoms with Gasteiger partial charge in [-0.2, -0.15) is 0 Å². The monoisotopic (exact) mass is 508 g/mol. The van der Waals surface area contributed by atoms with Crippen LogP contribution in [0, 0.1) is 52.4 Å². The lowest BCUT2D eigenvalue weighted by Crippen LogP contribution is -2.45. The zero-order chi connectivity index (χ0) is 26.2. The van der Waals surface area contributed by atoms with Gasteiger partial charge in [0.25, 0.3) is 0 Å². The van der Waals surface area contributed by atoms with Crippen molar-refractivity contribution in [2.75, 3.05) is 0 Å². The lowest BCUT2D eigenvalue weighted by Gasteiger charge is -2.42. The van der Waals surface area contributed by atoms with Gasteiger partial charge in [0.1, 0.15) is 23.1 Å². The van der Waals surface area contributed by atoms with Crippen molar-refractivity contribution in [3.8, 4) is 0 Å². The van der Waals surface area contributed by atoms with Crippen molar-refractivity contribution in [1.82, 2.24) is 0 Å². The molecule has 35 heavy (non-hydrogen) atoms. The van der Waals surface area contributed by atoms with Crippen LogP contribution in [-0.4, -0.2) is 17.4 Å². The van der Waals surface area contributed by atoms with E-state index in [0.29, 0.717) is 0 Å². The summed E-state index contributed by atoms with van der Waals surface area (Å²) in [7, 11) is -2.99. The molecule has 0 spiro atoms. The summed E-state index contributed by atoms with van der Waals surface area (Å²) in [6.07, 6.45) is -0.536. The minimum atomic E-state index is -3.19. The van der Waals surface area contributed by atoms with E-state index in [-0.39, 0.29) is 36.4 Å². The van der Waals surface area contributed by atoms with E-state index >= 15 is 8.78 Å². The highest BCUT2D eigenvalue weighted by atomic mass is 19.2. The van der Waals surface area contributed by atoms with E-state index < -0.39 is 94.3 Å². The highest BCUT2D eigenvalue weighted by molar-refractivity contribution is 6.32. The lowest BCUT2D eigenvalue weighted by molar-refractivity contribution is 0.0170. The third kappa shape index (κ3) is 4.75. The van der Waals surface area contributed by atoms with Crippen LogP contribution >= 0.6 is 0 Å². The van der Waals surface area contributed by atoms with Gasteiger partial charge in [-0.15, -0.1) is 0 Å². The molecular formula is C22H14BF9O3. The van der Waals surface area contributed by atoms with Gasteiger partial charge >= 0.3 is 7.32 Å². The van der Waals surface area contributed by atoms with Crippen molar-refractivity contribution >= 4 is 7.32 Å². The van der Waals surface area contributed by atoms with Crippen molar-refractivity contribution < 1.29 is 54.2 Å². The molecule has 0 amide bonds. The van der Waals surface area contributed by atoms with Gasteiger partial charge in [-0.3, -0.25) is 0 Å². The molecule has 0 aliphatic carbocycles. The Morgan fingerprint density at radius 1 is 0.629 bits per heavy atom. The SMILES string of the molecule is CCC(c1cc(F)c(F)cc1F)C(OB(O)O)(c1cc(F)c(F)cc1F)c1cc(F)c(F)cc1F. The lowest BCUT2D eigenvalue weighted by atomic mass is 9.70. The molecule has 0 radical (unpaired) electrons. The van der Waals surface area contributed by atoms with Crippen LogP contribution < -0.4 is 0 Å². The molecule has 1 atom stereocenters. The molecule has 0 fully saturated rings. The number of halogens is 9. The Bertz CT molecular complexity index is 1210. The fraction of sp³-hybridized carbons (Fsp3) is 0.182. The zero-order valence-corrected chi connectivity index (χ0v) is 17.5. The predicted octanol–water partition coefficient (Wildman–Crippen LogP) is 5.36. The van der Waals surface area contributed by atoms with Crippen LogP contribution in [0.25, 0.3) is 0 Å². The molecule has 3 nitrogen and oxygen atoms in total. The first-order valence-corrected chi connectivity index (χ1v) is 9.81. The smallest absolute Gasteiger partial charge is 0.402 e. The largest absolute Gasteiger partial charge is 0.634 e. The van der Waals surface area contributed by atoms with Crippen molar-refractivity contribution in [3.63, 3.8) is 0 Å². The van der Waals surface area contributed by atoms with Crippen LogP contribution in [0.3, 0.4) is 0 Å². The molecule has 0 bridgehead atoms. The third-order valence-electron chi connectivity index (χ3n) is 5.43. The maximum absolute atomic E-state index is 15.1. The van der Waals surface area contributed by atoms with Crippen LogP contribution in [0.1, 0.15) is 36.0 Å². The van der Waals surface area contributed by atoms with Crippen molar-refractivity contribution in [2.45, 2.75) is 24.9 Å². The van der Waals surface area contributed by atoms with Crippen molar-refractivity contribution in [1.29, 1.82) is 0 Å². The number of benzene rings is 3. The number of hydrogen-bond acceptors (Lipinski definition) is 3. The minimum Gasteiger partial charge on any atom is -0.402 e. The van der Waals surface area contributed by atoms with E-state index in [0.717, 1.165) is 0 Å². The van der Waals surface area contributed by atoms with Crippen LogP contribution in [0.5, 0.6) is 0 Å². The van der Waals surface area contributed by atoms with E-state index in [2.05, 4.69) is 0 Å². The molecule has 186 valence electrons. The molecule has 2 N–H and O–H groups in total. The summed E-state index contributed by atoms with van der Waals surface area (Å²) in [5.41, 5.74) is -6.50. The first-order valence-electron chi connectivity index (χ1n) is 9.81. The Labute approximate surface area is 192 Å². The normalized spacial score (nSPS) is 12.7. The molecule has 0 aromatic heterocycles. The Kier molecular flexibility index (Phi) is 7.53. The van der Waals surface area contributed by atoms with Crippen LogP contribution in [0.15, 0.2) is 36.4 Å². The molecule has 3 aromatic carbocycles. The van der Waals surface area contributed by atoms with Gasteiger partial charge < -0.3 is 14.7 Å². The molecule has 3 rings (SSSR count). The Morgan fingerprint density at radius 2 is 1.00 bits per heavy atom. The van der Waals surface area contributed by atoms with E-state index in [1.807, 2.05) is 0 Å². The zero-order valence-electron chi connectivity index (χ0n) is 17.5. The second kappa shape index (κ2) is 9.92. The predicted molar refractivity (Wildman–Crippen MR) is 104 cm³/mol. The molecule has 0 aliphatic heterocycles. The van der Waals surface area contributed by atoms with Crippen LogP contribution in [0.2, 0.25) is 0 Å². The second-order valence-electron chi connectivity index (χ2n) is 7.42. The molecule has 0 heterocycles. The van der Waals surface area contributed by atoms with E-state index in [1.54, 1.807) is 0 Å². The van der Waals surface area contributed by atoms with Crippen molar-refractivity contribution in [2.24, 2.45) is 0 Å². The number of hydrogen-bond donors (Lipinski definition) is 2. The highest BCUT2D eigenvalue weighted by Crippen LogP contribution is 2.50. The fourth-order valence-electron chi connectivity index (χ4n) is 4.04. The highest BCUT2D eigenvalue weighted by Gasteiger charge is 2.50.